The second kappa shape index (κ2) is 5.24. The molecule has 2 nitrogen and oxygen atoms in total. The largest absolute Gasteiger partial charge is 0.298 e. The summed E-state index contributed by atoms with van der Waals surface area (Å²) in [6, 6.07) is 0. The Balaban J connectivity index is 1.79. The second-order valence-corrected chi connectivity index (χ2v) is 5.46. The van der Waals surface area contributed by atoms with Gasteiger partial charge in [0.15, 0.2) is 0 Å². The normalized spacial score (nSPS) is 20.1. The van der Waals surface area contributed by atoms with E-state index in [1.807, 2.05) is 11.7 Å². The van der Waals surface area contributed by atoms with Crippen LogP contribution in [0, 0.1) is 5.92 Å². The van der Waals surface area contributed by atoms with E-state index in [1.165, 1.54) is 36.1 Å². The molecule has 0 N–H and O–H groups in total. The number of hydrogen-bond donors (Lipinski definition) is 0. The lowest BCUT2D eigenvalue weighted by atomic mass is 9.99. The summed E-state index contributed by atoms with van der Waals surface area (Å²) in [4.78, 5) is 8.03. The summed E-state index contributed by atoms with van der Waals surface area (Å²) in [5, 5.41) is 1.17. The van der Waals surface area contributed by atoms with Crippen molar-refractivity contribution in [1.82, 2.24) is 9.88 Å². The third-order valence-corrected chi connectivity index (χ3v) is 4.47. The molecule has 0 saturated carbocycles. The van der Waals surface area contributed by atoms with Crippen LogP contribution in [-0.4, -0.2) is 28.3 Å². The van der Waals surface area contributed by atoms with Gasteiger partial charge in [0, 0.05) is 22.9 Å². The zero-order valence-corrected chi connectivity index (χ0v) is 10.6. The number of likely N-dealkylation sites (tertiary alicyclic amines) is 1. The highest BCUT2D eigenvalue weighted by Crippen LogP contribution is 2.21. The molecular weight excluding hydrogens is 260 g/mol. The van der Waals surface area contributed by atoms with Crippen molar-refractivity contribution in [2.45, 2.75) is 19.4 Å². The molecule has 1 aromatic rings. The zero-order valence-electron chi connectivity index (χ0n) is 8.16. The predicted octanol–water partition coefficient (Wildman–Crippen LogP) is 2.75. The van der Waals surface area contributed by atoms with Gasteiger partial charge in [-0.25, -0.2) is 0 Å². The number of piperidine rings is 1. The zero-order chi connectivity index (χ0) is 9.80. The first-order valence-electron chi connectivity index (χ1n) is 5.04. The van der Waals surface area contributed by atoms with E-state index in [1.54, 1.807) is 11.3 Å². The molecule has 1 aliphatic heterocycles. The van der Waals surface area contributed by atoms with Gasteiger partial charge in [-0.1, -0.05) is 15.9 Å². The SMILES string of the molecule is BrCC1CCN(Cc2cncs2)CC1. The second-order valence-electron chi connectivity index (χ2n) is 3.84. The molecule has 1 aliphatic rings. The summed E-state index contributed by atoms with van der Waals surface area (Å²) in [5.74, 6) is 0.896. The molecule has 1 fully saturated rings. The maximum atomic E-state index is 4.10. The molecule has 0 bridgehead atoms. The number of hydrogen-bond acceptors (Lipinski definition) is 3. The molecule has 0 aromatic carbocycles. The van der Waals surface area contributed by atoms with Crippen LogP contribution >= 0.6 is 27.3 Å². The number of aromatic nitrogens is 1. The fourth-order valence-electron chi connectivity index (χ4n) is 1.84. The van der Waals surface area contributed by atoms with Crippen molar-refractivity contribution >= 4 is 27.3 Å². The Labute approximate surface area is 97.5 Å². The molecular formula is C10H15BrN2S. The van der Waals surface area contributed by atoms with Gasteiger partial charge in [-0.15, -0.1) is 11.3 Å². The number of alkyl halides is 1. The van der Waals surface area contributed by atoms with Crippen molar-refractivity contribution < 1.29 is 0 Å². The van der Waals surface area contributed by atoms with Gasteiger partial charge in [0.2, 0.25) is 0 Å². The quantitative estimate of drug-likeness (QED) is 0.788. The van der Waals surface area contributed by atoms with E-state index >= 15 is 0 Å². The van der Waals surface area contributed by atoms with Crippen LogP contribution in [0.2, 0.25) is 0 Å². The van der Waals surface area contributed by atoms with E-state index in [-0.39, 0.29) is 0 Å². The van der Waals surface area contributed by atoms with Crippen molar-refractivity contribution in [2.24, 2.45) is 5.92 Å². The summed E-state index contributed by atoms with van der Waals surface area (Å²) in [6.45, 7) is 3.59. The fraction of sp³-hybridized carbons (Fsp3) is 0.700. The third kappa shape index (κ3) is 2.78. The van der Waals surface area contributed by atoms with Crippen LogP contribution in [0.4, 0.5) is 0 Å². The average molecular weight is 275 g/mol. The third-order valence-electron chi connectivity index (χ3n) is 2.79. The molecule has 0 radical (unpaired) electrons. The Bertz CT molecular complexity index is 255. The van der Waals surface area contributed by atoms with Crippen molar-refractivity contribution in [3.63, 3.8) is 0 Å². The molecule has 1 saturated heterocycles. The Morgan fingerprint density at radius 1 is 1.50 bits per heavy atom. The smallest absolute Gasteiger partial charge is 0.0794 e. The molecule has 0 spiro atoms. The van der Waals surface area contributed by atoms with Crippen LogP contribution in [0.1, 0.15) is 17.7 Å². The minimum Gasteiger partial charge on any atom is -0.298 e. The Morgan fingerprint density at radius 2 is 2.29 bits per heavy atom. The van der Waals surface area contributed by atoms with Crippen LogP contribution in [0.15, 0.2) is 11.7 Å². The molecule has 0 unspecified atom stereocenters. The maximum Gasteiger partial charge on any atom is 0.0794 e. The van der Waals surface area contributed by atoms with Crippen LogP contribution in [-0.2, 0) is 6.54 Å². The molecule has 0 atom stereocenters. The first kappa shape index (κ1) is 10.6. The van der Waals surface area contributed by atoms with Gasteiger partial charge in [-0.05, 0) is 31.8 Å². The monoisotopic (exact) mass is 274 g/mol. The van der Waals surface area contributed by atoms with Gasteiger partial charge < -0.3 is 0 Å². The molecule has 1 aromatic heterocycles. The van der Waals surface area contributed by atoms with Crippen LogP contribution in [0.3, 0.4) is 0 Å². The summed E-state index contributed by atoms with van der Waals surface area (Å²) in [7, 11) is 0. The van der Waals surface area contributed by atoms with Gasteiger partial charge in [0.05, 0.1) is 5.51 Å². The van der Waals surface area contributed by atoms with Gasteiger partial charge in [0.1, 0.15) is 0 Å². The number of nitrogens with zero attached hydrogens (tertiary/aromatic N) is 2. The summed E-state index contributed by atoms with van der Waals surface area (Å²) < 4.78 is 0. The lowest BCUT2D eigenvalue weighted by Crippen LogP contribution is -2.33. The van der Waals surface area contributed by atoms with Crippen molar-refractivity contribution in [3.05, 3.63) is 16.6 Å². The first-order valence-corrected chi connectivity index (χ1v) is 7.04. The van der Waals surface area contributed by atoms with Gasteiger partial charge >= 0.3 is 0 Å². The topological polar surface area (TPSA) is 16.1 Å². The highest BCUT2D eigenvalue weighted by atomic mass is 79.9. The maximum absolute atomic E-state index is 4.10. The lowest BCUT2D eigenvalue weighted by Gasteiger charge is -2.30. The van der Waals surface area contributed by atoms with Crippen molar-refractivity contribution in [3.8, 4) is 0 Å². The minimum atomic E-state index is 0.896. The predicted molar refractivity (Wildman–Crippen MR) is 63.9 cm³/mol. The molecule has 0 aliphatic carbocycles. The number of rotatable bonds is 3. The lowest BCUT2D eigenvalue weighted by molar-refractivity contribution is 0.189. The van der Waals surface area contributed by atoms with Gasteiger partial charge in [0.25, 0.3) is 0 Å². The summed E-state index contributed by atoms with van der Waals surface area (Å²) in [5.41, 5.74) is 1.92. The van der Waals surface area contributed by atoms with E-state index < -0.39 is 0 Å². The summed E-state index contributed by atoms with van der Waals surface area (Å²) in [6.07, 6.45) is 4.66. The molecule has 2 rings (SSSR count). The first-order chi connectivity index (χ1) is 6.88. The standard InChI is InChI=1S/C10H15BrN2S/c11-5-9-1-3-13(4-2-9)7-10-6-12-8-14-10/h6,8-9H,1-5,7H2. The Morgan fingerprint density at radius 3 is 2.86 bits per heavy atom. The highest BCUT2D eigenvalue weighted by Gasteiger charge is 2.18. The number of halogens is 1. The van der Waals surface area contributed by atoms with E-state index in [0.717, 1.165) is 12.5 Å². The molecule has 4 heteroatoms. The molecule has 78 valence electrons. The van der Waals surface area contributed by atoms with Gasteiger partial charge in [-0.3, -0.25) is 9.88 Å². The van der Waals surface area contributed by atoms with E-state index in [2.05, 4.69) is 25.8 Å². The highest BCUT2D eigenvalue weighted by molar-refractivity contribution is 9.09. The average Bonchev–Trinajstić information content (AvgIpc) is 2.72. The molecule has 14 heavy (non-hydrogen) atoms. The number of thiazole rings is 1. The van der Waals surface area contributed by atoms with E-state index in [4.69, 9.17) is 0 Å². The van der Waals surface area contributed by atoms with Crippen LogP contribution in [0.25, 0.3) is 0 Å². The van der Waals surface area contributed by atoms with Crippen molar-refractivity contribution in [2.75, 3.05) is 18.4 Å². The van der Waals surface area contributed by atoms with Crippen LogP contribution in [0.5, 0.6) is 0 Å². The summed E-state index contributed by atoms with van der Waals surface area (Å²) >= 11 is 5.33. The fourth-order valence-corrected chi connectivity index (χ4v) is 3.12. The van der Waals surface area contributed by atoms with E-state index in [0.29, 0.717) is 0 Å². The Kier molecular flexibility index (Phi) is 3.96. The van der Waals surface area contributed by atoms with Crippen molar-refractivity contribution in [1.29, 1.82) is 0 Å². The Hall–Kier alpha value is 0.0700. The molecule has 2 heterocycles. The van der Waals surface area contributed by atoms with Gasteiger partial charge in [-0.2, -0.15) is 0 Å². The van der Waals surface area contributed by atoms with Crippen LogP contribution < -0.4 is 0 Å². The van der Waals surface area contributed by atoms with E-state index in [9.17, 15) is 0 Å². The molecule has 0 amide bonds. The minimum absolute atomic E-state index is 0.896.